The van der Waals surface area contributed by atoms with Crippen LogP contribution in [0.15, 0.2) is 54.1 Å². The fourth-order valence-electron chi connectivity index (χ4n) is 6.18. The quantitative estimate of drug-likeness (QED) is 0.504. The van der Waals surface area contributed by atoms with Crippen molar-refractivity contribution >= 4 is 23.7 Å². The summed E-state index contributed by atoms with van der Waals surface area (Å²) in [6.45, 7) is 1.94. The summed E-state index contributed by atoms with van der Waals surface area (Å²) in [5.41, 5.74) is 5.13. The first kappa shape index (κ1) is 26.0. The molecule has 8 nitrogen and oxygen atoms in total. The molecule has 2 unspecified atom stereocenters. The highest BCUT2D eigenvalue weighted by molar-refractivity contribution is 6.01. The summed E-state index contributed by atoms with van der Waals surface area (Å²) in [5, 5.41) is 16.2. The van der Waals surface area contributed by atoms with E-state index in [-0.39, 0.29) is 25.1 Å². The summed E-state index contributed by atoms with van der Waals surface area (Å²) in [4.78, 5) is 39.2. The highest BCUT2D eigenvalue weighted by Crippen LogP contribution is 2.44. The van der Waals surface area contributed by atoms with Crippen molar-refractivity contribution in [2.24, 2.45) is 0 Å². The smallest absolute Gasteiger partial charge is 0.416 e. The number of aliphatic hydroxyl groups excluding tert-OH is 1. The summed E-state index contributed by atoms with van der Waals surface area (Å²) >= 11 is 0. The number of amides is 4. The van der Waals surface area contributed by atoms with E-state index in [1.165, 1.54) is 11.1 Å². The lowest BCUT2D eigenvalue weighted by atomic mass is 9.80. The molecule has 1 saturated heterocycles. The maximum absolute atomic E-state index is 13.7. The molecule has 1 saturated carbocycles. The second-order valence-electron chi connectivity index (χ2n) is 10.7. The second-order valence-corrected chi connectivity index (χ2v) is 10.7. The molecule has 3 atom stereocenters. The summed E-state index contributed by atoms with van der Waals surface area (Å²) in [6, 6.07) is 13.7. The lowest BCUT2D eigenvalue weighted by Gasteiger charge is -2.38. The molecule has 2 aliphatic carbocycles. The first-order valence-electron chi connectivity index (χ1n) is 13.3. The fraction of sp³-hybridized carbons (Fsp3) is 0.433. The first-order valence-corrected chi connectivity index (χ1v) is 13.3. The van der Waals surface area contributed by atoms with Gasteiger partial charge in [0.15, 0.2) is 0 Å². The predicted molar refractivity (Wildman–Crippen MR) is 144 cm³/mol. The van der Waals surface area contributed by atoms with E-state index >= 15 is 0 Å². The van der Waals surface area contributed by atoms with E-state index in [4.69, 9.17) is 4.74 Å². The number of cyclic esters (lactones) is 1. The minimum absolute atomic E-state index is 0.0221. The van der Waals surface area contributed by atoms with Gasteiger partial charge in [-0.05, 0) is 80.2 Å². The number of β-amino-alcohol motifs (C(OH)–C–C–N with tert-alkyl or cyclic N) is 1. The molecule has 0 bridgehead atoms. The van der Waals surface area contributed by atoms with Gasteiger partial charge in [-0.25, -0.2) is 14.5 Å². The van der Waals surface area contributed by atoms with Crippen LogP contribution in [-0.2, 0) is 21.4 Å². The zero-order valence-electron chi connectivity index (χ0n) is 22.0. The summed E-state index contributed by atoms with van der Waals surface area (Å²) in [5.74, 6) is 0.0722. The van der Waals surface area contributed by atoms with Gasteiger partial charge in [0.25, 0.3) is 0 Å². The topological polar surface area (TPSA) is 108 Å². The number of anilines is 1. The number of ether oxygens (including phenoxy) is 1. The Bertz CT molecular complexity index is 1290. The highest BCUT2D eigenvalue weighted by Gasteiger charge is 2.53. The molecule has 2 aromatic carbocycles. The summed E-state index contributed by atoms with van der Waals surface area (Å²) < 4.78 is 5.50. The van der Waals surface area contributed by atoms with Gasteiger partial charge in [0, 0.05) is 12.7 Å². The molecule has 3 aliphatic rings. The Hall–Kier alpha value is -3.65. The molecule has 4 amide bonds. The van der Waals surface area contributed by atoms with Crippen LogP contribution in [0.5, 0.6) is 0 Å². The van der Waals surface area contributed by atoms with Crippen LogP contribution in [0, 0.1) is 6.92 Å². The van der Waals surface area contributed by atoms with Gasteiger partial charge in [-0.3, -0.25) is 4.79 Å². The van der Waals surface area contributed by atoms with Gasteiger partial charge in [0.05, 0.1) is 12.6 Å². The van der Waals surface area contributed by atoms with Gasteiger partial charge in [0.2, 0.25) is 5.91 Å². The maximum Gasteiger partial charge on any atom is 0.416 e. The zero-order valence-corrected chi connectivity index (χ0v) is 22.0. The average molecular weight is 518 g/mol. The second kappa shape index (κ2) is 10.6. The third-order valence-corrected chi connectivity index (χ3v) is 8.11. The van der Waals surface area contributed by atoms with E-state index in [0.717, 1.165) is 47.3 Å². The molecule has 5 rings (SSSR count). The van der Waals surface area contributed by atoms with Crippen LogP contribution in [0.1, 0.15) is 60.3 Å². The van der Waals surface area contributed by atoms with Crippen molar-refractivity contribution in [3.05, 3.63) is 76.4 Å². The Morgan fingerprint density at radius 3 is 2.87 bits per heavy atom. The number of hydrogen-bond donors (Lipinski definition) is 3. The lowest BCUT2D eigenvalue weighted by Crippen LogP contribution is -2.57. The SMILES string of the molecule is CNC(=O)Nc1ccc2c(c1)CC[C@@]21COC(=O)N(CC(O)/C=C2\CCCC(c3cccc(C)c3)C2)C1=O. The monoisotopic (exact) mass is 517 g/mol. The van der Waals surface area contributed by atoms with Gasteiger partial charge in [-0.15, -0.1) is 0 Å². The third-order valence-electron chi connectivity index (χ3n) is 8.11. The van der Waals surface area contributed by atoms with Crippen LogP contribution in [0.2, 0.25) is 0 Å². The number of rotatable bonds is 5. The Labute approximate surface area is 223 Å². The van der Waals surface area contributed by atoms with E-state index in [0.29, 0.717) is 24.4 Å². The molecule has 8 heteroatoms. The predicted octanol–water partition coefficient (Wildman–Crippen LogP) is 4.55. The Kier molecular flexibility index (Phi) is 7.25. The molecular weight excluding hydrogens is 482 g/mol. The summed E-state index contributed by atoms with van der Waals surface area (Å²) in [6.07, 6.45) is 5.19. The van der Waals surface area contributed by atoms with Crippen LogP contribution < -0.4 is 10.6 Å². The number of nitrogens with one attached hydrogen (secondary N) is 2. The van der Waals surface area contributed by atoms with Crippen LogP contribution in [0.4, 0.5) is 15.3 Å². The Balaban J connectivity index is 1.30. The van der Waals surface area contributed by atoms with Crippen LogP contribution in [0.3, 0.4) is 0 Å². The number of allylic oxidation sites excluding steroid dienone is 1. The minimum Gasteiger partial charge on any atom is -0.448 e. The molecule has 0 aromatic heterocycles. The number of fused-ring (bicyclic) bond motifs is 2. The highest BCUT2D eigenvalue weighted by atomic mass is 16.6. The molecule has 38 heavy (non-hydrogen) atoms. The van der Waals surface area contributed by atoms with Gasteiger partial charge < -0.3 is 20.5 Å². The molecule has 2 fully saturated rings. The molecule has 3 N–H and O–H groups in total. The van der Waals surface area contributed by atoms with E-state index in [9.17, 15) is 19.5 Å². The van der Waals surface area contributed by atoms with E-state index < -0.39 is 17.6 Å². The van der Waals surface area contributed by atoms with Crippen LogP contribution >= 0.6 is 0 Å². The van der Waals surface area contributed by atoms with Crippen molar-refractivity contribution in [2.75, 3.05) is 25.5 Å². The van der Waals surface area contributed by atoms with Crippen LogP contribution in [-0.4, -0.2) is 54.3 Å². The largest absolute Gasteiger partial charge is 0.448 e. The number of carbonyl (C=O) groups excluding carboxylic acids is 3. The normalized spacial score (nSPS) is 24.8. The number of aryl methyl sites for hydroxylation is 2. The minimum atomic E-state index is -0.969. The number of imide groups is 1. The van der Waals surface area contributed by atoms with Crippen LogP contribution in [0.25, 0.3) is 0 Å². The number of carbonyl (C=O) groups is 3. The standard InChI is InChI=1S/C30H35N3O5/c1-19-5-3-7-21(13-19)22-8-4-6-20(14-22)15-25(34)17-33-27(35)30(18-38-29(33)37)12-11-23-16-24(9-10-26(23)30)32-28(36)31-2/h3,5,7,9-10,13,15-16,22,25,34H,4,6,8,11-12,14,17-18H2,1-2H3,(H2,31,32,36)/b20-15+/t22?,25?,30-/m1/s1. The first-order chi connectivity index (χ1) is 18.3. The maximum atomic E-state index is 13.7. The number of hydrogen-bond acceptors (Lipinski definition) is 5. The number of nitrogens with zero attached hydrogens (tertiary/aromatic N) is 1. The summed E-state index contributed by atoms with van der Waals surface area (Å²) in [7, 11) is 1.54. The van der Waals surface area contributed by atoms with Gasteiger partial charge >= 0.3 is 12.1 Å². The average Bonchev–Trinajstić information content (AvgIpc) is 3.27. The molecule has 200 valence electrons. The van der Waals surface area contributed by atoms with E-state index in [1.807, 2.05) is 18.2 Å². The van der Waals surface area contributed by atoms with Gasteiger partial charge in [-0.1, -0.05) is 47.5 Å². The van der Waals surface area contributed by atoms with Gasteiger partial charge in [-0.2, -0.15) is 0 Å². The Morgan fingerprint density at radius 2 is 2.08 bits per heavy atom. The van der Waals surface area contributed by atoms with Crippen molar-refractivity contribution in [1.29, 1.82) is 0 Å². The lowest BCUT2D eigenvalue weighted by molar-refractivity contribution is -0.143. The van der Waals surface area contributed by atoms with Gasteiger partial charge in [0.1, 0.15) is 12.0 Å². The Morgan fingerprint density at radius 1 is 1.24 bits per heavy atom. The fourth-order valence-corrected chi connectivity index (χ4v) is 6.18. The molecule has 1 heterocycles. The molecular formula is C30H35N3O5. The number of benzene rings is 2. The van der Waals surface area contributed by atoms with Crippen molar-refractivity contribution in [3.63, 3.8) is 0 Å². The van der Waals surface area contributed by atoms with E-state index in [1.54, 1.807) is 13.1 Å². The van der Waals surface area contributed by atoms with Crippen molar-refractivity contribution in [1.82, 2.24) is 10.2 Å². The molecule has 1 aliphatic heterocycles. The van der Waals surface area contributed by atoms with Crippen molar-refractivity contribution in [3.8, 4) is 0 Å². The van der Waals surface area contributed by atoms with Crippen molar-refractivity contribution in [2.45, 2.75) is 62.9 Å². The zero-order chi connectivity index (χ0) is 26.9. The molecule has 1 spiro atoms. The number of urea groups is 1. The third kappa shape index (κ3) is 5.05. The molecule has 0 radical (unpaired) electrons. The number of aliphatic hydroxyl groups is 1. The van der Waals surface area contributed by atoms with E-state index in [2.05, 4.69) is 41.8 Å². The van der Waals surface area contributed by atoms with Crippen molar-refractivity contribution < 1.29 is 24.2 Å². The molecule has 2 aromatic rings.